The molecule has 35 heavy (non-hydrogen) atoms. The lowest BCUT2D eigenvalue weighted by atomic mass is 10.1. The van der Waals surface area contributed by atoms with E-state index >= 15 is 0 Å². The molecule has 3 aromatic heterocycles. The van der Waals surface area contributed by atoms with Crippen LogP contribution in [0.4, 0.5) is 17.3 Å². The number of nitro benzene ring substituents is 1. The van der Waals surface area contributed by atoms with Gasteiger partial charge < -0.3 is 16.0 Å². The molecule has 4 N–H and O–H groups in total. The predicted octanol–water partition coefficient (Wildman–Crippen LogP) is 5.47. The van der Waals surface area contributed by atoms with E-state index < -0.39 is 4.92 Å². The molecule has 0 bridgehead atoms. The molecule has 0 atom stereocenters. The molecule has 0 aliphatic carbocycles. The van der Waals surface area contributed by atoms with Gasteiger partial charge in [-0.1, -0.05) is 30.0 Å². The average Bonchev–Trinajstić information content (AvgIpc) is 3.46. The fourth-order valence-electron chi connectivity index (χ4n) is 4.04. The Bertz CT molecular complexity index is 1570. The summed E-state index contributed by atoms with van der Waals surface area (Å²) in [6.07, 6.45) is 3.47. The van der Waals surface area contributed by atoms with Crippen molar-refractivity contribution in [3.63, 3.8) is 0 Å². The van der Waals surface area contributed by atoms with Gasteiger partial charge in [-0.05, 0) is 30.3 Å². The van der Waals surface area contributed by atoms with E-state index in [-0.39, 0.29) is 11.8 Å². The van der Waals surface area contributed by atoms with Crippen molar-refractivity contribution in [2.24, 2.45) is 0 Å². The van der Waals surface area contributed by atoms with Gasteiger partial charge in [-0.25, -0.2) is 15.0 Å². The third-order valence-electron chi connectivity index (χ3n) is 5.57. The monoisotopic (exact) mass is 484 g/mol. The first-order valence-corrected chi connectivity index (χ1v) is 11.6. The largest absolute Gasteiger partial charge is 0.344 e. The topological polar surface area (TPSA) is 147 Å². The van der Waals surface area contributed by atoms with Gasteiger partial charge in [0, 0.05) is 53.5 Å². The number of benzene rings is 2. The van der Waals surface area contributed by atoms with Gasteiger partial charge in [0.1, 0.15) is 0 Å². The molecule has 2 aromatic carbocycles. The number of non-ortho nitro benzene ring substituents is 1. The number of anilines is 2. The molecule has 4 heterocycles. The fourth-order valence-corrected chi connectivity index (χ4v) is 4.99. The summed E-state index contributed by atoms with van der Waals surface area (Å²) in [5.74, 6) is 1.37. The molecule has 5 aromatic rings. The molecule has 0 radical (unpaired) electrons. The zero-order valence-corrected chi connectivity index (χ0v) is 19.3. The minimum atomic E-state index is -0.395. The number of hydrogen-bond donors (Lipinski definition) is 2. The number of rotatable bonds is 5. The van der Waals surface area contributed by atoms with Crippen LogP contribution in [-0.2, 0) is 6.54 Å². The van der Waals surface area contributed by atoms with Gasteiger partial charge in [0.05, 0.1) is 27.5 Å². The van der Waals surface area contributed by atoms with Gasteiger partial charge in [0.25, 0.3) is 5.69 Å². The number of aromatic nitrogens is 5. The Morgan fingerprint density at radius 3 is 2.80 bits per heavy atom. The zero-order chi connectivity index (χ0) is 23.1. The third-order valence-corrected chi connectivity index (χ3v) is 6.52. The van der Waals surface area contributed by atoms with E-state index in [1.54, 1.807) is 36.3 Å². The summed E-state index contributed by atoms with van der Waals surface area (Å²) in [5.41, 5.74) is 4.67. The molecular weight excluding hydrogens is 464 g/mol. The maximum atomic E-state index is 11.3. The van der Waals surface area contributed by atoms with Crippen LogP contribution in [0.15, 0.2) is 78.2 Å². The highest BCUT2D eigenvalue weighted by molar-refractivity contribution is 7.99. The Balaban J connectivity index is 0.00000253. The fraction of sp³-hybridized carbons (Fsp3) is 0.0833. The Kier molecular flexibility index (Phi) is 5.85. The quantitative estimate of drug-likeness (QED) is 0.244. The normalized spacial score (nSPS) is 12.2. The number of fused-ring (bicyclic) bond motifs is 2. The smallest absolute Gasteiger partial charge is 0.270 e. The van der Waals surface area contributed by atoms with Crippen molar-refractivity contribution in [1.82, 2.24) is 30.7 Å². The molecule has 6 rings (SSSR count). The van der Waals surface area contributed by atoms with Crippen molar-refractivity contribution in [3.8, 4) is 22.6 Å². The van der Waals surface area contributed by atoms with E-state index in [0.29, 0.717) is 22.9 Å². The Hall–Kier alpha value is -4.35. The second-order valence-corrected chi connectivity index (χ2v) is 8.76. The highest BCUT2D eigenvalue weighted by Gasteiger charge is 2.25. The van der Waals surface area contributed by atoms with Gasteiger partial charge in [-0.3, -0.25) is 15.1 Å². The molecule has 0 fully saturated rings. The first-order chi connectivity index (χ1) is 16.7. The van der Waals surface area contributed by atoms with Crippen molar-refractivity contribution in [3.05, 3.63) is 83.2 Å². The summed E-state index contributed by atoms with van der Waals surface area (Å²) >= 11 is 1.66. The van der Waals surface area contributed by atoms with Crippen molar-refractivity contribution in [2.75, 3.05) is 11.1 Å². The molecular formula is C24H20N8O2S. The number of pyridine rings is 1. The lowest BCUT2D eigenvalue weighted by molar-refractivity contribution is -0.384. The van der Waals surface area contributed by atoms with Crippen molar-refractivity contribution >= 4 is 40.0 Å². The van der Waals surface area contributed by atoms with Gasteiger partial charge in [-0.2, -0.15) is 0 Å². The van der Waals surface area contributed by atoms with E-state index in [9.17, 15) is 10.1 Å². The molecule has 0 saturated heterocycles. The predicted molar refractivity (Wildman–Crippen MR) is 136 cm³/mol. The van der Waals surface area contributed by atoms with E-state index in [4.69, 9.17) is 9.97 Å². The average molecular weight is 485 g/mol. The molecule has 0 spiro atoms. The van der Waals surface area contributed by atoms with Crippen LogP contribution in [-0.4, -0.2) is 35.2 Å². The lowest BCUT2D eigenvalue weighted by Crippen LogP contribution is -2.02. The number of hydrogen-bond acceptors (Lipinski definition) is 9. The first kappa shape index (κ1) is 22.4. The van der Waals surface area contributed by atoms with Crippen LogP contribution in [0.2, 0.25) is 0 Å². The van der Waals surface area contributed by atoms with Crippen LogP contribution in [0, 0.1) is 10.1 Å². The van der Waals surface area contributed by atoms with Gasteiger partial charge in [0.15, 0.2) is 5.16 Å². The molecule has 1 aliphatic rings. The Morgan fingerprint density at radius 1 is 1.00 bits per heavy atom. The first-order valence-electron chi connectivity index (χ1n) is 10.6. The van der Waals surface area contributed by atoms with E-state index in [2.05, 4.69) is 19.9 Å². The summed E-state index contributed by atoms with van der Waals surface area (Å²) in [6.45, 7) is 0.793. The molecule has 10 nitrogen and oxygen atoms in total. The zero-order valence-electron chi connectivity index (χ0n) is 18.5. The van der Waals surface area contributed by atoms with Gasteiger partial charge in [-0.15, -0.1) is 0 Å². The van der Waals surface area contributed by atoms with Crippen LogP contribution >= 0.6 is 11.8 Å². The van der Waals surface area contributed by atoms with E-state index in [1.165, 1.54) is 6.07 Å². The SMILES string of the molecule is N.O=[N+]([O-])c1cccc(-c2nc3n(c2-c2ccnc(Nc4ccc5ncccc5c4)n2)CCS3)c1. The van der Waals surface area contributed by atoms with Gasteiger partial charge >= 0.3 is 0 Å². The highest BCUT2D eigenvalue weighted by atomic mass is 32.2. The molecule has 11 heteroatoms. The highest BCUT2D eigenvalue weighted by Crippen LogP contribution is 2.39. The van der Waals surface area contributed by atoms with Crippen molar-refractivity contribution < 1.29 is 4.92 Å². The van der Waals surface area contributed by atoms with Crippen LogP contribution in [0.3, 0.4) is 0 Å². The van der Waals surface area contributed by atoms with Crippen molar-refractivity contribution in [1.29, 1.82) is 0 Å². The standard InChI is InChI=1S/C24H17N7O2S.H3N/c32-31(33)18-5-1-3-16(14-18)21-22(30-11-12-34-24(30)29-21)20-8-10-26-23(28-20)27-17-6-7-19-15(13-17)4-2-9-25-19;/h1-10,13-14H,11-12H2,(H,26,27,28);1H3. The summed E-state index contributed by atoms with van der Waals surface area (Å²) in [5, 5.41) is 16.5. The van der Waals surface area contributed by atoms with E-state index in [1.807, 2.05) is 42.5 Å². The summed E-state index contributed by atoms with van der Waals surface area (Å²) in [4.78, 5) is 29.2. The maximum Gasteiger partial charge on any atom is 0.270 e. The maximum absolute atomic E-state index is 11.3. The molecule has 1 aliphatic heterocycles. The Morgan fingerprint density at radius 2 is 1.91 bits per heavy atom. The number of nitrogens with zero attached hydrogens (tertiary/aromatic N) is 6. The summed E-state index contributed by atoms with van der Waals surface area (Å²) in [7, 11) is 0. The second-order valence-electron chi connectivity index (χ2n) is 7.70. The second kappa shape index (κ2) is 9.12. The number of thioether (sulfide) groups is 1. The third kappa shape index (κ3) is 4.18. The number of nitrogens with one attached hydrogen (secondary N) is 1. The van der Waals surface area contributed by atoms with Crippen LogP contribution in [0.25, 0.3) is 33.5 Å². The lowest BCUT2D eigenvalue weighted by Gasteiger charge is -2.10. The van der Waals surface area contributed by atoms with Crippen molar-refractivity contribution in [2.45, 2.75) is 11.7 Å². The Labute approximate surface area is 204 Å². The number of nitro groups is 1. The summed E-state index contributed by atoms with van der Waals surface area (Å²) in [6, 6.07) is 18.2. The number of imidazole rings is 1. The van der Waals surface area contributed by atoms with Gasteiger partial charge in [0.2, 0.25) is 5.95 Å². The molecule has 0 amide bonds. The van der Waals surface area contributed by atoms with Crippen LogP contribution in [0.5, 0.6) is 0 Å². The minimum absolute atomic E-state index is 0. The molecule has 0 saturated carbocycles. The van der Waals surface area contributed by atoms with E-state index in [0.717, 1.165) is 39.7 Å². The summed E-state index contributed by atoms with van der Waals surface area (Å²) < 4.78 is 2.12. The van der Waals surface area contributed by atoms with Crippen LogP contribution in [0.1, 0.15) is 0 Å². The van der Waals surface area contributed by atoms with Crippen LogP contribution < -0.4 is 11.5 Å². The molecule has 0 unspecified atom stereocenters. The minimum Gasteiger partial charge on any atom is -0.344 e. The molecule has 174 valence electrons.